The van der Waals surface area contributed by atoms with E-state index in [0.29, 0.717) is 22.9 Å². The second kappa shape index (κ2) is 9.03. The number of sulfonamides is 1. The zero-order chi connectivity index (χ0) is 23.6. The number of hydrogen-bond acceptors (Lipinski definition) is 6. The minimum atomic E-state index is -3.47. The molecule has 1 heterocycles. The van der Waals surface area contributed by atoms with Gasteiger partial charge in [0.15, 0.2) is 0 Å². The molecule has 172 valence electrons. The van der Waals surface area contributed by atoms with Gasteiger partial charge in [-0.3, -0.25) is 9.52 Å². The summed E-state index contributed by atoms with van der Waals surface area (Å²) in [5, 5.41) is 8.84. The van der Waals surface area contributed by atoms with Gasteiger partial charge in [0.05, 0.1) is 32.0 Å². The van der Waals surface area contributed by atoms with E-state index in [0.717, 1.165) is 28.5 Å². The standard InChI is InChI=1S/C24H23NO7S/c1-30-20-7-4-8-21-23(20)18-10-9-16(25-33(2,28)29)14-19(18)24(32-21)15-5-3-6-17(13-15)31-12-11-22(26)27/h3-10,13-14,24-25H,11-12H2,1-2H3,(H,26,27). The first-order valence-corrected chi connectivity index (χ1v) is 12.0. The number of nitrogens with one attached hydrogen (secondary N) is 1. The van der Waals surface area contributed by atoms with Crippen LogP contribution in [0.5, 0.6) is 17.2 Å². The summed E-state index contributed by atoms with van der Waals surface area (Å²) < 4.78 is 43.6. The van der Waals surface area contributed by atoms with E-state index in [1.54, 1.807) is 37.4 Å². The van der Waals surface area contributed by atoms with Crippen LogP contribution < -0.4 is 18.9 Å². The molecule has 2 N–H and O–H groups in total. The Morgan fingerprint density at radius 1 is 1.12 bits per heavy atom. The van der Waals surface area contributed by atoms with Gasteiger partial charge in [-0.1, -0.05) is 24.3 Å². The highest BCUT2D eigenvalue weighted by Gasteiger charge is 2.30. The molecule has 3 aromatic rings. The highest BCUT2D eigenvalue weighted by molar-refractivity contribution is 7.92. The number of methoxy groups -OCH3 is 1. The molecule has 1 atom stereocenters. The molecule has 0 aliphatic carbocycles. The fraction of sp³-hybridized carbons (Fsp3) is 0.208. The summed E-state index contributed by atoms with van der Waals surface area (Å²) >= 11 is 0. The summed E-state index contributed by atoms with van der Waals surface area (Å²) in [7, 11) is -1.88. The first kappa shape index (κ1) is 22.5. The number of anilines is 1. The first-order chi connectivity index (χ1) is 15.7. The minimum absolute atomic E-state index is 0.0450. The van der Waals surface area contributed by atoms with Crippen molar-refractivity contribution < 1.29 is 32.5 Å². The molecule has 0 amide bonds. The maximum atomic E-state index is 11.8. The van der Waals surface area contributed by atoms with Crippen LogP contribution in [0, 0.1) is 0 Å². The first-order valence-electron chi connectivity index (χ1n) is 10.2. The normalized spacial score (nSPS) is 14.4. The van der Waals surface area contributed by atoms with Gasteiger partial charge in [0.2, 0.25) is 10.0 Å². The van der Waals surface area contributed by atoms with Gasteiger partial charge in [-0.15, -0.1) is 0 Å². The van der Waals surface area contributed by atoms with E-state index in [4.69, 9.17) is 19.3 Å². The maximum absolute atomic E-state index is 11.8. The molecule has 0 radical (unpaired) electrons. The smallest absolute Gasteiger partial charge is 0.306 e. The number of rotatable bonds is 8. The van der Waals surface area contributed by atoms with Crippen molar-refractivity contribution in [3.63, 3.8) is 0 Å². The number of carbonyl (C=O) groups is 1. The average Bonchev–Trinajstić information content (AvgIpc) is 2.76. The molecule has 9 heteroatoms. The molecule has 8 nitrogen and oxygen atoms in total. The predicted molar refractivity (Wildman–Crippen MR) is 124 cm³/mol. The predicted octanol–water partition coefficient (Wildman–Crippen LogP) is 4.07. The lowest BCUT2D eigenvalue weighted by Crippen LogP contribution is -2.17. The van der Waals surface area contributed by atoms with Gasteiger partial charge in [-0.25, -0.2) is 8.42 Å². The summed E-state index contributed by atoms with van der Waals surface area (Å²) in [6.07, 6.45) is 0.432. The number of benzene rings is 3. The van der Waals surface area contributed by atoms with Crippen LogP contribution in [0.3, 0.4) is 0 Å². The van der Waals surface area contributed by atoms with Crippen LogP contribution in [-0.2, 0) is 14.8 Å². The van der Waals surface area contributed by atoms with Crippen molar-refractivity contribution in [1.29, 1.82) is 0 Å². The molecule has 0 spiro atoms. The van der Waals surface area contributed by atoms with Crippen LogP contribution in [0.2, 0.25) is 0 Å². The van der Waals surface area contributed by atoms with Crippen LogP contribution in [0.4, 0.5) is 5.69 Å². The number of fused-ring (bicyclic) bond motifs is 3. The zero-order valence-corrected chi connectivity index (χ0v) is 18.9. The lowest BCUT2D eigenvalue weighted by Gasteiger charge is -2.30. The van der Waals surface area contributed by atoms with E-state index < -0.39 is 22.1 Å². The second-order valence-electron chi connectivity index (χ2n) is 7.57. The zero-order valence-electron chi connectivity index (χ0n) is 18.1. The molecular weight excluding hydrogens is 446 g/mol. The van der Waals surface area contributed by atoms with Crippen molar-refractivity contribution in [1.82, 2.24) is 0 Å². The van der Waals surface area contributed by atoms with E-state index in [-0.39, 0.29) is 13.0 Å². The average molecular weight is 470 g/mol. The van der Waals surface area contributed by atoms with Crippen LogP contribution in [-0.4, -0.2) is 39.5 Å². The molecule has 1 unspecified atom stereocenters. The molecule has 3 aromatic carbocycles. The van der Waals surface area contributed by atoms with Crippen LogP contribution >= 0.6 is 0 Å². The fourth-order valence-electron chi connectivity index (χ4n) is 3.79. The van der Waals surface area contributed by atoms with E-state index >= 15 is 0 Å². The highest BCUT2D eigenvalue weighted by Crippen LogP contribution is 2.49. The molecule has 33 heavy (non-hydrogen) atoms. The van der Waals surface area contributed by atoms with Gasteiger partial charge < -0.3 is 19.3 Å². The third-order valence-corrected chi connectivity index (χ3v) is 5.71. The van der Waals surface area contributed by atoms with Crippen LogP contribution in [0.1, 0.15) is 23.7 Å². The lowest BCUT2D eigenvalue weighted by molar-refractivity contribution is -0.137. The SMILES string of the molecule is COc1cccc2c1-c1ccc(NS(C)(=O)=O)cc1C(c1cccc(OCCC(=O)O)c1)O2. The van der Waals surface area contributed by atoms with Gasteiger partial charge in [-0.2, -0.15) is 0 Å². The molecule has 0 saturated carbocycles. The van der Waals surface area contributed by atoms with Crippen molar-refractivity contribution in [2.24, 2.45) is 0 Å². The van der Waals surface area contributed by atoms with Crippen LogP contribution in [0.15, 0.2) is 60.7 Å². The highest BCUT2D eigenvalue weighted by atomic mass is 32.2. The molecule has 0 saturated heterocycles. The molecular formula is C24H23NO7S. The van der Waals surface area contributed by atoms with Gasteiger partial charge >= 0.3 is 5.97 Å². The summed E-state index contributed by atoms with van der Waals surface area (Å²) in [6, 6.07) is 18.0. The summed E-state index contributed by atoms with van der Waals surface area (Å²) in [6.45, 7) is 0.0450. The number of carboxylic acid groups (broad SMARTS) is 1. The molecule has 1 aliphatic heterocycles. The number of hydrogen-bond donors (Lipinski definition) is 2. The summed E-state index contributed by atoms with van der Waals surface area (Å²) in [5.74, 6) is 0.850. The Balaban J connectivity index is 1.79. The molecule has 0 fully saturated rings. The van der Waals surface area contributed by atoms with Crippen LogP contribution in [0.25, 0.3) is 11.1 Å². The maximum Gasteiger partial charge on any atom is 0.306 e. The van der Waals surface area contributed by atoms with Gasteiger partial charge in [0, 0.05) is 16.8 Å². The van der Waals surface area contributed by atoms with E-state index in [9.17, 15) is 13.2 Å². The fourth-order valence-corrected chi connectivity index (χ4v) is 4.35. The topological polar surface area (TPSA) is 111 Å². The van der Waals surface area contributed by atoms with Gasteiger partial charge in [0.1, 0.15) is 23.4 Å². The van der Waals surface area contributed by atoms with E-state index in [1.165, 1.54) is 0 Å². The Morgan fingerprint density at radius 3 is 2.64 bits per heavy atom. The monoisotopic (exact) mass is 469 g/mol. The second-order valence-corrected chi connectivity index (χ2v) is 9.32. The Kier molecular flexibility index (Phi) is 6.15. The number of carboxylic acids is 1. The molecule has 0 bridgehead atoms. The van der Waals surface area contributed by atoms with Gasteiger partial charge in [0.25, 0.3) is 0 Å². The third kappa shape index (κ3) is 5.04. The quantitative estimate of drug-likeness (QED) is 0.512. The van der Waals surface area contributed by atoms with Crippen molar-refractivity contribution in [2.75, 3.05) is 24.7 Å². The largest absolute Gasteiger partial charge is 0.496 e. The van der Waals surface area contributed by atoms with Crippen molar-refractivity contribution in [3.8, 4) is 28.4 Å². The summed E-state index contributed by atoms with van der Waals surface area (Å²) in [4.78, 5) is 10.8. The van der Waals surface area contributed by atoms with Crippen molar-refractivity contribution in [3.05, 3.63) is 71.8 Å². The van der Waals surface area contributed by atoms with E-state index in [1.807, 2.05) is 30.3 Å². The lowest BCUT2D eigenvalue weighted by atomic mass is 9.88. The summed E-state index contributed by atoms with van der Waals surface area (Å²) in [5.41, 5.74) is 3.58. The molecule has 4 rings (SSSR count). The Morgan fingerprint density at radius 2 is 1.91 bits per heavy atom. The minimum Gasteiger partial charge on any atom is -0.496 e. The Hall–Kier alpha value is -3.72. The number of aliphatic carboxylic acids is 1. The Labute approximate surface area is 191 Å². The molecule has 0 aromatic heterocycles. The number of ether oxygens (including phenoxy) is 3. The third-order valence-electron chi connectivity index (χ3n) is 5.10. The van der Waals surface area contributed by atoms with Gasteiger partial charge in [-0.05, 0) is 42.0 Å². The molecule has 1 aliphatic rings. The Bertz CT molecular complexity index is 1300. The van der Waals surface area contributed by atoms with Crippen molar-refractivity contribution in [2.45, 2.75) is 12.5 Å². The van der Waals surface area contributed by atoms with Crippen molar-refractivity contribution >= 4 is 21.7 Å². The van der Waals surface area contributed by atoms with E-state index in [2.05, 4.69) is 4.72 Å².